The second-order valence-electron chi connectivity index (χ2n) is 5.62. The van der Waals surface area contributed by atoms with Gasteiger partial charge in [-0.05, 0) is 30.3 Å². The molecule has 1 fully saturated rings. The first-order valence-corrected chi connectivity index (χ1v) is 8.28. The summed E-state index contributed by atoms with van der Waals surface area (Å²) in [6.07, 6.45) is -3.52. The standard InChI is InChI=1S/C15H18F3N3OS/c1-2-20(10-15(16,17)18)8-11-3-5-21(9-11)14(22)13-12(7-19)4-6-23-13/h4,6,11H,2-3,5,8-10H2,1H3. The number of carbonyl (C=O) groups is 1. The van der Waals surface area contributed by atoms with Gasteiger partial charge in [-0.25, -0.2) is 0 Å². The van der Waals surface area contributed by atoms with Crippen LogP contribution in [0.3, 0.4) is 0 Å². The van der Waals surface area contributed by atoms with Gasteiger partial charge in [0, 0.05) is 19.6 Å². The lowest BCUT2D eigenvalue weighted by molar-refractivity contribution is -0.146. The quantitative estimate of drug-likeness (QED) is 0.824. The Morgan fingerprint density at radius 1 is 1.57 bits per heavy atom. The van der Waals surface area contributed by atoms with Gasteiger partial charge in [0.1, 0.15) is 10.9 Å². The Morgan fingerprint density at radius 2 is 2.30 bits per heavy atom. The molecule has 0 aromatic carbocycles. The number of hydrogen-bond acceptors (Lipinski definition) is 4. The minimum absolute atomic E-state index is 0.0340. The number of halogens is 3. The van der Waals surface area contributed by atoms with Crippen LogP contribution >= 0.6 is 11.3 Å². The van der Waals surface area contributed by atoms with Gasteiger partial charge in [0.2, 0.25) is 0 Å². The lowest BCUT2D eigenvalue weighted by Crippen LogP contribution is -2.38. The molecule has 1 amide bonds. The van der Waals surface area contributed by atoms with Crippen LogP contribution in [0.5, 0.6) is 0 Å². The lowest BCUT2D eigenvalue weighted by atomic mass is 10.1. The van der Waals surface area contributed by atoms with Gasteiger partial charge >= 0.3 is 6.18 Å². The van der Waals surface area contributed by atoms with E-state index in [0.29, 0.717) is 43.0 Å². The predicted molar refractivity (Wildman–Crippen MR) is 81.2 cm³/mol. The van der Waals surface area contributed by atoms with Crippen LogP contribution < -0.4 is 0 Å². The molecule has 0 aliphatic carbocycles. The van der Waals surface area contributed by atoms with Gasteiger partial charge < -0.3 is 4.90 Å². The van der Waals surface area contributed by atoms with Crippen LogP contribution in [0.4, 0.5) is 13.2 Å². The third-order valence-electron chi connectivity index (χ3n) is 3.92. The van der Waals surface area contributed by atoms with Crippen LogP contribution in [0.25, 0.3) is 0 Å². The molecule has 126 valence electrons. The Labute approximate surface area is 137 Å². The van der Waals surface area contributed by atoms with Crippen molar-refractivity contribution in [1.29, 1.82) is 5.26 Å². The fraction of sp³-hybridized carbons (Fsp3) is 0.600. The maximum Gasteiger partial charge on any atom is 0.401 e. The van der Waals surface area contributed by atoms with E-state index >= 15 is 0 Å². The smallest absolute Gasteiger partial charge is 0.338 e. The Morgan fingerprint density at radius 3 is 2.91 bits per heavy atom. The van der Waals surface area contributed by atoms with Crippen molar-refractivity contribution >= 4 is 17.2 Å². The van der Waals surface area contributed by atoms with Crippen LogP contribution in [0.2, 0.25) is 0 Å². The molecular formula is C15H18F3N3OS. The summed E-state index contributed by atoms with van der Waals surface area (Å²) in [4.78, 5) is 15.8. The third-order valence-corrected chi connectivity index (χ3v) is 4.82. The highest BCUT2D eigenvalue weighted by atomic mass is 32.1. The summed E-state index contributed by atoms with van der Waals surface area (Å²) in [5, 5.41) is 10.7. The second kappa shape index (κ2) is 7.32. The molecule has 1 unspecified atom stereocenters. The topological polar surface area (TPSA) is 47.3 Å². The molecule has 1 aromatic heterocycles. The number of nitriles is 1. The van der Waals surface area contributed by atoms with E-state index in [1.54, 1.807) is 23.3 Å². The van der Waals surface area contributed by atoms with Gasteiger partial charge in [0.25, 0.3) is 5.91 Å². The number of rotatable bonds is 5. The molecule has 0 spiro atoms. The number of carbonyl (C=O) groups excluding carboxylic acids is 1. The molecule has 1 aliphatic heterocycles. The molecule has 1 aliphatic rings. The summed E-state index contributed by atoms with van der Waals surface area (Å²) in [7, 11) is 0. The Bertz CT molecular complexity index is 594. The Hall–Kier alpha value is -1.59. The van der Waals surface area contributed by atoms with Crippen molar-refractivity contribution in [3.63, 3.8) is 0 Å². The van der Waals surface area contributed by atoms with Crippen LogP contribution in [-0.4, -0.2) is 54.6 Å². The minimum Gasteiger partial charge on any atom is -0.338 e. The van der Waals surface area contributed by atoms with Crippen LogP contribution in [0, 0.1) is 17.2 Å². The van der Waals surface area contributed by atoms with Gasteiger partial charge in [-0.2, -0.15) is 18.4 Å². The summed E-state index contributed by atoms with van der Waals surface area (Å²) in [6, 6.07) is 3.59. The lowest BCUT2D eigenvalue weighted by Gasteiger charge is -2.25. The molecule has 2 heterocycles. The predicted octanol–water partition coefficient (Wildman–Crippen LogP) is 2.97. The first kappa shape index (κ1) is 17.8. The molecule has 0 bridgehead atoms. The zero-order chi connectivity index (χ0) is 17.0. The number of thiophene rings is 1. The molecule has 1 aromatic rings. The van der Waals surface area contributed by atoms with Gasteiger partial charge in [0.05, 0.1) is 12.1 Å². The van der Waals surface area contributed by atoms with Crippen LogP contribution in [0.1, 0.15) is 28.6 Å². The number of hydrogen-bond donors (Lipinski definition) is 0. The van der Waals surface area contributed by atoms with Gasteiger partial charge in [-0.3, -0.25) is 9.69 Å². The van der Waals surface area contributed by atoms with Gasteiger partial charge in [-0.1, -0.05) is 6.92 Å². The van der Waals surface area contributed by atoms with E-state index in [1.165, 1.54) is 16.2 Å². The molecule has 23 heavy (non-hydrogen) atoms. The van der Waals surface area contributed by atoms with E-state index in [4.69, 9.17) is 5.26 Å². The van der Waals surface area contributed by atoms with Crippen LogP contribution in [-0.2, 0) is 0 Å². The average molecular weight is 345 g/mol. The molecule has 1 saturated heterocycles. The van der Waals surface area contributed by atoms with Crippen LogP contribution in [0.15, 0.2) is 11.4 Å². The average Bonchev–Trinajstić information content (AvgIpc) is 3.13. The van der Waals surface area contributed by atoms with Crippen molar-refractivity contribution < 1.29 is 18.0 Å². The van der Waals surface area contributed by atoms with E-state index in [1.807, 2.05) is 6.07 Å². The van der Waals surface area contributed by atoms with E-state index in [0.717, 1.165) is 0 Å². The molecule has 0 N–H and O–H groups in total. The SMILES string of the molecule is CCN(CC1CCN(C(=O)c2sccc2C#N)C1)CC(F)(F)F. The Kier molecular flexibility index (Phi) is 5.65. The maximum atomic E-state index is 12.5. The van der Waals surface area contributed by atoms with Gasteiger partial charge in [0.15, 0.2) is 0 Å². The summed E-state index contributed by atoms with van der Waals surface area (Å²) in [6.45, 7) is 2.40. The van der Waals surface area contributed by atoms with Crippen molar-refractivity contribution in [2.45, 2.75) is 19.5 Å². The number of amides is 1. The molecule has 0 radical (unpaired) electrons. The van der Waals surface area contributed by atoms with Crippen molar-refractivity contribution in [2.75, 3.05) is 32.7 Å². The largest absolute Gasteiger partial charge is 0.401 e. The Balaban J connectivity index is 1.93. The molecule has 4 nitrogen and oxygen atoms in total. The maximum absolute atomic E-state index is 12.5. The summed E-state index contributed by atoms with van der Waals surface area (Å²) in [5.74, 6) is -0.162. The zero-order valence-corrected chi connectivity index (χ0v) is 13.6. The highest BCUT2D eigenvalue weighted by Crippen LogP contribution is 2.25. The van der Waals surface area contributed by atoms with Crippen molar-refractivity contribution in [1.82, 2.24) is 9.80 Å². The first-order chi connectivity index (χ1) is 10.8. The molecule has 1 atom stereocenters. The first-order valence-electron chi connectivity index (χ1n) is 7.40. The van der Waals surface area contributed by atoms with Crippen molar-refractivity contribution in [3.8, 4) is 6.07 Å². The summed E-state index contributed by atoms with van der Waals surface area (Å²) >= 11 is 1.22. The van der Waals surface area contributed by atoms with Gasteiger partial charge in [-0.15, -0.1) is 11.3 Å². The molecule has 8 heteroatoms. The van der Waals surface area contributed by atoms with Crippen molar-refractivity contribution in [2.24, 2.45) is 5.92 Å². The number of likely N-dealkylation sites (tertiary alicyclic amines) is 1. The van der Waals surface area contributed by atoms with E-state index in [2.05, 4.69) is 0 Å². The van der Waals surface area contributed by atoms with E-state index in [9.17, 15) is 18.0 Å². The fourth-order valence-corrected chi connectivity index (χ4v) is 3.61. The minimum atomic E-state index is -4.21. The highest BCUT2D eigenvalue weighted by Gasteiger charge is 2.34. The number of alkyl halides is 3. The normalized spacial score (nSPS) is 18.4. The van der Waals surface area contributed by atoms with E-state index < -0.39 is 12.7 Å². The molecule has 2 rings (SSSR count). The molecule has 0 saturated carbocycles. The van der Waals surface area contributed by atoms with Crippen molar-refractivity contribution in [3.05, 3.63) is 21.9 Å². The summed E-state index contributed by atoms with van der Waals surface area (Å²) in [5.41, 5.74) is 0.357. The van der Waals surface area contributed by atoms with E-state index in [-0.39, 0.29) is 11.8 Å². The highest BCUT2D eigenvalue weighted by molar-refractivity contribution is 7.12. The molecular weight excluding hydrogens is 327 g/mol. The second-order valence-corrected chi connectivity index (χ2v) is 6.54. The fourth-order valence-electron chi connectivity index (χ4n) is 2.80. The zero-order valence-electron chi connectivity index (χ0n) is 12.8. The summed E-state index contributed by atoms with van der Waals surface area (Å²) < 4.78 is 37.5. The number of nitrogens with zero attached hydrogens (tertiary/aromatic N) is 3. The third kappa shape index (κ3) is 4.69. The monoisotopic (exact) mass is 345 g/mol.